The van der Waals surface area contributed by atoms with Crippen molar-refractivity contribution >= 4 is 11.6 Å². The minimum Gasteiger partial charge on any atom is -0.493 e. The number of ketones is 2. The van der Waals surface area contributed by atoms with Gasteiger partial charge in [0, 0.05) is 5.56 Å². The largest absolute Gasteiger partial charge is 0.493 e. The predicted octanol–water partition coefficient (Wildman–Crippen LogP) is 1.25. The van der Waals surface area contributed by atoms with Crippen molar-refractivity contribution in [2.45, 2.75) is 18.6 Å². The molecule has 0 N–H and O–H groups in total. The van der Waals surface area contributed by atoms with Crippen molar-refractivity contribution in [3.05, 3.63) is 17.2 Å². The standard InChI is InChI=1S/C14H14O6/c1-14-12(16)6-5-7(17-2)10(18-3)11(19-4)8(6)9(15)13(14)20-14/h5,13H,1-4H3. The van der Waals surface area contributed by atoms with Crippen LogP contribution in [0.2, 0.25) is 0 Å². The molecule has 1 aromatic carbocycles. The maximum Gasteiger partial charge on any atom is 0.204 e. The summed E-state index contributed by atoms with van der Waals surface area (Å²) in [5, 5.41) is 0. The van der Waals surface area contributed by atoms with Crippen molar-refractivity contribution in [2.75, 3.05) is 21.3 Å². The van der Waals surface area contributed by atoms with Crippen molar-refractivity contribution in [3.63, 3.8) is 0 Å². The molecule has 2 atom stereocenters. The normalized spacial score (nSPS) is 26.7. The Morgan fingerprint density at radius 2 is 1.75 bits per heavy atom. The van der Waals surface area contributed by atoms with Gasteiger partial charge in [0.1, 0.15) is 0 Å². The van der Waals surface area contributed by atoms with Crippen molar-refractivity contribution in [2.24, 2.45) is 0 Å². The van der Waals surface area contributed by atoms with Gasteiger partial charge in [0.25, 0.3) is 0 Å². The fraction of sp³-hybridized carbons (Fsp3) is 0.429. The number of fused-ring (bicyclic) bond motifs is 2. The van der Waals surface area contributed by atoms with Crippen LogP contribution in [0.1, 0.15) is 27.6 Å². The van der Waals surface area contributed by atoms with Gasteiger partial charge in [0.05, 0.1) is 26.9 Å². The average Bonchev–Trinajstić information content (AvgIpc) is 3.16. The van der Waals surface area contributed by atoms with E-state index in [4.69, 9.17) is 18.9 Å². The zero-order chi connectivity index (χ0) is 14.7. The lowest BCUT2D eigenvalue weighted by Crippen LogP contribution is -2.34. The van der Waals surface area contributed by atoms with E-state index in [2.05, 4.69) is 0 Å². The van der Waals surface area contributed by atoms with Gasteiger partial charge in [0.15, 0.2) is 34.8 Å². The van der Waals surface area contributed by atoms with Crippen LogP contribution in [-0.4, -0.2) is 44.6 Å². The third-order valence-electron chi connectivity index (χ3n) is 3.82. The third-order valence-corrected chi connectivity index (χ3v) is 3.82. The fourth-order valence-electron chi connectivity index (χ4n) is 2.67. The number of carbonyl (C=O) groups excluding carboxylic acids is 2. The minimum atomic E-state index is -1.05. The molecule has 1 heterocycles. The van der Waals surface area contributed by atoms with Crippen LogP contribution < -0.4 is 14.2 Å². The highest BCUT2D eigenvalue weighted by Gasteiger charge is 2.66. The summed E-state index contributed by atoms with van der Waals surface area (Å²) in [6.07, 6.45) is -0.727. The first-order valence-corrected chi connectivity index (χ1v) is 6.09. The van der Waals surface area contributed by atoms with Crippen molar-refractivity contribution in [1.29, 1.82) is 0 Å². The molecule has 1 saturated heterocycles. The summed E-state index contributed by atoms with van der Waals surface area (Å²) >= 11 is 0. The summed E-state index contributed by atoms with van der Waals surface area (Å²) in [7, 11) is 4.31. The molecule has 1 aliphatic heterocycles. The second-order valence-electron chi connectivity index (χ2n) is 4.87. The second-order valence-corrected chi connectivity index (χ2v) is 4.87. The molecule has 1 aliphatic carbocycles. The molecule has 0 radical (unpaired) electrons. The Kier molecular flexibility index (Phi) is 2.56. The smallest absolute Gasteiger partial charge is 0.204 e. The average molecular weight is 278 g/mol. The number of hydrogen-bond acceptors (Lipinski definition) is 6. The number of Topliss-reactive ketones (excluding diaryl/α,β-unsaturated/α-hetero) is 2. The van der Waals surface area contributed by atoms with Gasteiger partial charge in [-0.3, -0.25) is 9.59 Å². The zero-order valence-electron chi connectivity index (χ0n) is 11.6. The number of benzene rings is 1. The van der Waals surface area contributed by atoms with E-state index in [-0.39, 0.29) is 28.4 Å². The molecule has 106 valence electrons. The van der Waals surface area contributed by atoms with Crippen LogP contribution in [-0.2, 0) is 4.74 Å². The summed E-state index contributed by atoms with van der Waals surface area (Å²) in [4.78, 5) is 24.8. The molecule has 3 rings (SSSR count). The van der Waals surface area contributed by atoms with Crippen LogP contribution in [0.4, 0.5) is 0 Å². The SMILES string of the molecule is COc1cc2c(c(OC)c1OC)C(=O)C1OC1(C)C2=O. The van der Waals surface area contributed by atoms with Gasteiger partial charge < -0.3 is 18.9 Å². The molecule has 0 spiro atoms. The number of methoxy groups -OCH3 is 3. The van der Waals surface area contributed by atoms with Crippen LogP contribution in [0, 0.1) is 0 Å². The highest BCUT2D eigenvalue weighted by atomic mass is 16.6. The maximum atomic E-state index is 12.4. The minimum absolute atomic E-state index is 0.204. The van der Waals surface area contributed by atoms with Crippen molar-refractivity contribution < 1.29 is 28.5 Å². The van der Waals surface area contributed by atoms with E-state index in [1.807, 2.05) is 0 Å². The molecule has 20 heavy (non-hydrogen) atoms. The molecule has 2 aliphatic rings. The Morgan fingerprint density at radius 1 is 1.10 bits per heavy atom. The van der Waals surface area contributed by atoms with Gasteiger partial charge in [-0.15, -0.1) is 0 Å². The Balaban J connectivity index is 2.32. The maximum absolute atomic E-state index is 12.4. The van der Waals surface area contributed by atoms with Crippen LogP contribution >= 0.6 is 0 Å². The molecule has 2 unspecified atom stereocenters. The first-order valence-electron chi connectivity index (χ1n) is 6.09. The van der Waals surface area contributed by atoms with E-state index in [1.54, 1.807) is 6.92 Å². The Bertz CT molecular complexity index is 635. The van der Waals surface area contributed by atoms with E-state index < -0.39 is 11.7 Å². The van der Waals surface area contributed by atoms with E-state index in [1.165, 1.54) is 27.4 Å². The first kappa shape index (κ1) is 12.9. The monoisotopic (exact) mass is 278 g/mol. The van der Waals surface area contributed by atoms with Gasteiger partial charge in [-0.1, -0.05) is 0 Å². The van der Waals surface area contributed by atoms with E-state index in [0.29, 0.717) is 11.5 Å². The highest BCUT2D eigenvalue weighted by Crippen LogP contribution is 2.52. The molecule has 6 heteroatoms. The summed E-state index contributed by atoms with van der Waals surface area (Å²) in [5.41, 5.74) is -0.592. The highest BCUT2D eigenvalue weighted by molar-refractivity contribution is 6.24. The van der Waals surface area contributed by atoms with Gasteiger partial charge in [0.2, 0.25) is 5.75 Å². The van der Waals surface area contributed by atoms with Crippen LogP contribution in [0.15, 0.2) is 6.07 Å². The van der Waals surface area contributed by atoms with E-state index in [9.17, 15) is 9.59 Å². The fourth-order valence-corrected chi connectivity index (χ4v) is 2.67. The lowest BCUT2D eigenvalue weighted by molar-refractivity contribution is 0.0872. The van der Waals surface area contributed by atoms with Crippen LogP contribution in [0.5, 0.6) is 17.2 Å². The quantitative estimate of drug-likeness (QED) is 0.775. The number of ether oxygens (including phenoxy) is 4. The summed E-state index contributed by atoms with van der Waals surface area (Å²) in [5.74, 6) is 0.333. The number of epoxide rings is 1. The number of rotatable bonds is 3. The Labute approximate surface area is 115 Å². The molecule has 0 bridgehead atoms. The predicted molar refractivity (Wildman–Crippen MR) is 68.0 cm³/mol. The van der Waals surface area contributed by atoms with Gasteiger partial charge >= 0.3 is 0 Å². The summed E-state index contributed by atoms with van der Waals surface area (Å²) in [6.45, 7) is 1.62. The second kappa shape index (κ2) is 3.96. The Hall–Kier alpha value is -2.08. The molecule has 1 fully saturated rings. The lowest BCUT2D eigenvalue weighted by atomic mass is 9.82. The molecule has 0 aromatic heterocycles. The third kappa shape index (κ3) is 1.37. The van der Waals surface area contributed by atoms with E-state index >= 15 is 0 Å². The number of hydrogen-bond donors (Lipinski definition) is 0. The zero-order valence-corrected chi connectivity index (χ0v) is 11.6. The number of carbonyl (C=O) groups is 2. The van der Waals surface area contributed by atoms with Crippen molar-refractivity contribution in [3.8, 4) is 17.2 Å². The molecular formula is C14H14O6. The molecular weight excluding hydrogens is 264 g/mol. The first-order chi connectivity index (χ1) is 9.49. The van der Waals surface area contributed by atoms with Gasteiger partial charge in [-0.25, -0.2) is 0 Å². The lowest BCUT2D eigenvalue weighted by Gasteiger charge is -2.21. The molecule has 0 amide bonds. The topological polar surface area (TPSA) is 74.4 Å². The molecule has 1 aromatic rings. The van der Waals surface area contributed by atoms with E-state index in [0.717, 1.165) is 0 Å². The van der Waals surface area contributed by atoms with Crippen molar-refractivity contribution in [1.82, 2.24) is 0 Å². The summed E-state index contributed by atoms with van der Waals surface area (Å²) < 4.78 is 21.0. The van der Waals surface area contributed by atoms with Gasteiger partial charge in [-0.05, 0) is 13.0 Å². The molecule has 0 saturated carbocycles. The Morgan fingerprint density at radius 3 is 2.30 bits per heavy atom. The molecule has 6 nitrogen and oxygen atoms in total. The van der Waals surface area contributed by atoms with Gasteiger partial charge in [-0.2, -0.15) is 0 Å². The summed E-state index contributed by atoms with van der Waals surface area (Å²) in [6, 6.07) is 1.50. The van der Waals surface area contributed by atoms with Crippen LogP contribution in [0.3, 0.4) is 0 Å². The van der Waals surface area contributed by atoms with Crippen LogP contribution in [0.25, 0.3) is 0 Å².